The number of hydrogen-bond acceptors (Lipinski definition) is 2. The van der Waals surface area contributed by atoms with E-state index in [0.29, 0.717) is 0 Å². The smallest absolute Gasteiger partial charge is 0.276 e. The van der Waals surface area contributed by atoms with Crippen molar-refractivity contribution in [1.29, 1.82) is 0 Å². The Morgan fingerprint density at radius 2 is 1.82 bits per heavy atom. The monoisotopic (exact) mass is 240 g/mol. The van der Waals surface area contributed by atoms with Gasteiger partial charge in [-0.05, 0) is 6.42 Å². The molecule has 0 heterocycles. The van der Waals surface area contributed by atoms with Gasteiger partial charge >= 0.3 is 0 Å². The van der Waals surface area contributed by atoms with Gasteiger partial charge in [0, 0.05) is 24.3 Å². The van der Waals surface area contributed by atoms with E-state index in [-0.39, 0.29) is 30.6 Å². The summed E-state index contributed by atoms with van der Waals surface area (Å²) in [6.07, 6.45) is -1.11. The Kier molecular flexibility index (Phi) is 3.24. The number of alkyl halides is 2. The average Bonchev–Trinajstić information content (AvgIpc) is 2.29. The standard InChI is InChI=1S/C13H14F2O2/c14-13(15,9-4-2-1-3-5-9)10-6-11(16)8-12(17)7-10/h1-5,10-11,16H,6-8H2. The maximum atomic E-state index is 14.1. The first kappa shape index (κ1) is 12.2. The van der Waals surface area contributed by atoms with Crippen LogP contribution < -0.4 is 0 Å². The van der Waals surface area contributed by atoms with E-state index in [9.17, 15) is 18.7 Å². The number of Topliss-reactive ketones (excluding diaryl/α,β-unsaturated/α-hetero) is 1. The van der Waals surface area contributed by atoms with Crippen molar-refractivity contribution in [3.8, 4) is 0 Å². The molecule has 0 aliphatic heterocycles. The predicted molar refractivity (Wildman–Crippen MR) is 58.7 cm³/mol. The molecule has 0 aromatic heterocycles. The number of ketones is 1. The average molecular weight is 240 g/mol. The van der Waals surface area contributed by atoms with E-state index in [2.05, 4.69) is 0 Å². The summed E-state index contributed by atoms with van der Waals surface area (Å²) in [5.41, 5.74) is -0.0908. The molecule has 0 saturated heterocycles. The third-order valence-electron chi connectivity index (χ3n) is 3.17. The maximum absolute atomic E-state index is 14.1. The summed E-state index contributed by atoms with van der Waals surface area (Å²) in [4.78, 5) is 11.3. The van der Waals surface area contributed by atoms with Gasteiger partial charge < -0.3 is 5.11 Å². The summed E-state index contributed by atoms with van der Waals surface area (Å²) in [7, 11) is 0. The molecule has 1 aromatic rings. The maximum Gasteiger partial charge on any atom is 0.276 e. The molecule has 1 aliphatic rings. The van der Waals surface area contributed by atoms with Crippen molar-refractivity contribution < 1.29 is 18.7 Å². The number of carbonyl (C=O) groups excluding carboxylic acids is 1. The van der Waals surface area contributed by atoms with E-state index in [1.54, 1.807) is 18.2 Å². The highest BCUT2D eigenvalue weighted by Gasteiger charge is 2.45. The zero-order valence-electron chi connectivity index (χ0n) is 9.27. The summed E-state index contributed by atoms with van der Waals surface area (Å²) in [6, 6.07) is 7.46. The van der Waals surface area contributed by atoms with Gasteiger partial charge in [-0.1, -0.05) is 30.3 Å². The van der Waals surface area contributed by atoms with Crippen LogP contribution in [0.5, 0.6) is 0 Å². The fraction of sp³-hybridized carbons (Fsp3) is 0.462. The van der Waals surface area contributed by atoms with Crippen molar-refractivity contribution in [2.24, 2.45) is 5.92 Å². The summed E-state index contributed by atoms with van der Waals surface area (Å²) < 4.78 is 28.2. The van der Waals surface area contributed by atoms with E-state index in [1.807, 2.05) is 0 Å². The van der Waals surface area contributed by atoms with Crippen molar-refractivity contribution in [1.82, 2.24) is 0 Å². The van der Waals surface area contributed by atoms with Crippen molar-refractivity contribution in [3.63, 3.8) is 0 Å². The number of halogens is 2. The normalized spacial score (nSPS) is 25.9. The number of aliphatic hydroxyl groups excluding tert-OH is 1. The molecule has 2 atom stereocenters. The first-order chi connectivity index (χ1) is 8.00. The van der Waals surface area contributed by atoms with Crippen molar-refractivity contribution >= 4 is 5.78 Å². The van der Waals surface area contributed by atoms with Gasteiger partial charge in [-0.15, -0.1) is 0 Å². The molecule has 1 fully saturated rings. The number of carbonyl (C=O) groups is 1. The second kappa shape index (κ2) is 4.53. The molecule has 4 heteroatoms. The molecule has 1 saturated carbocycles. The quantitative estimate of drug-likeness (QED) is 0.862. The van der Waals surface area contributed by atoms with Crippen molar-refractivity contribution in [3.05, 3.63) is 35.9 Å². The summed E-state index contributed by atoms with van der Waals surface area (Å²) in [5.74, 6) is -4.44. The summed E-state index contributed by atoms with van der Waals surface area (Å²) >= 11 is 0. The van der Waals surface area contributed by atoms with Gasteiger partial charge in [0.2, 0.25) is 0 Å². The molecule has 2 rings (SSSR count). The lowest BCUT2D eigenvalue weighted by Gasteiger charge is -2.31. The van der Waals surface area contributed by atoms with Gasteiger partial charge in [0.25, 0.3) is 5.92 Å². The topological polar surface area (TPSA) is 37.3 Å². The number of rotatable bonds is 2. The molecular weight excluding hydrogens is 226 g/mol. The Balaban J connectivity index is 2.23. The van der Waals surface area contributed by atoms with E-state index in [1.165, 1.54) is 12.1 Å². The largest absolute Gasteiger partial charge is 0.393 e. The van der Waals surface area contributed by atoms with Crippen LogP contribution in [-0.2, 0) is 10.7 Å². The SMILES string of the molecule is O=C1CC(O)CC(C(F)(F)c2ccccc2)C1. The fourth-order valence-corrected chi connectivity index (χ4v) is 2.29. The lowest BCUT2D eigenvalue weighted by Crippen LogP contribution is -2.36. The highest BCUT2D eigenvalue weighted by Crippen LogP contribution is 2.42. The van der Waals surface area contributed by atoms with Crippen LogP contribution >= 0.6 is 0 Å². The minimum Gasteiger partial charge on any atom is -0.393 e. The molecule has 92 valence electrons. The van der Waals surface area contributed by atoms with Crippen molar-refractivity contribution in [2.75, 3.05) is 0 Å². The molecular formula is C13H14F2O2. The van der Waals surface area contributed by atoms with Crippen LogP contribution in [0, 0.1) is 5.92 Å². The Hall–Kier alpha value is -1.29. The van der Waals surface area contributed by atoms with Gasteiger partial charge in [0.05, 0.1) is 6.10 Å². The molecule has 0 bridgehead atoms. The van der Waals surface area contributed by atoms with E-state index in [4.69, 9.17) is 0 Å². The molecule has 1 aliphatic carbocycles. The van der Waals surface area contributed by atoms with Gasteiger partial charge in [-0.3, -0.25) is 4.79 Å². The van der Waals surface area contributed by atoms with Gasteiger partial charge in [-0.25, -0.2) is 8.78 Å². The zero-order chi connectivity index (χ0) is 12.5. The molecule has 1 aromatic carbocycles. The molecule has 2 nitrogen and oxygen atoms in total. The second-order valence-corrected chi connectivity index (χ2v) is 4.52. The van der Waals surface area contributed by atoms with Crippen LogP contribution in [0.1, 0.15) is 24.8 Å². The Bertz CT molecular complexity index is 403. The van der Waals surface area contributed by atoms with E-state index in [0.717, 1.165) is 0 Å². The lowest BCUT2D eigenvalue weighted by molar-refractivity contribution is -0.137. The first-order valence-electron chi connectivity index (χ1n) is 5.63. The Morgan fingerprint density at radius 1 is 1.18 bits per heavy atom. The number of hydrogen-bond donors (Lipinski definition) is 1. The van der Waals surface area contributed by atoms with Gasteiger partial charge in [0.15, 0.2) is 0 Å². The molecule has 0 radical (unpaired) electrons. The van der Waals surface area contributed by atoms with Gasteiger partial charge in [0.1, 0.15) is 5.78 Å². The van der Waals surface area contributed by atoms with E-state index < -0.39 is 17.9 Å². The molecule has 0 amide bonds. The Morgan fingerprint density at radius 3 is 2.41 bits per heavy atom. The molecule has 0 spiro atoms. The number of benzene rings is 1. The van der Waals surface area contributed by atoms with Gasteiger partial charge in [-0.2, -0.15) is 0 Å². The highest BCUT2D eigenvalue weighted by atomic mass is 19.3. The Labute approximate surface area is 98.3 Å². The molecule has 1 N–H and O–H groups in total. The minimum atomic E-state index is -3.06. The van der Waals surface area contributed by atoms with Crippen LogP contribution in [0.15, 0.2) is 30.3 Å². The highest BCUT2D eigenvalue weighted by molar-refractivity contribution is 5.80. The summed E-state index contributed by atoms with van der Waals surface area (Å²) in [5, 5.41) is 9.41. The summed E-state index contributed by atoms with van der Waals surface area (Å²) in [6.45, 7) is 0. The van der Waals surface area contributed by atoms with Crippen molar-refractivity contribution in [2.45, 2.75) is 31.3 Å². The first-order valence-corrected chi connectivity index (χ1v) is 5.63. The number of aliphatic hydroxyl groups is 1. The zero-order valence-corrected chi connectivity index (χ0v) is 9.27. The van der Waals surface area contributed by atoms with Crippen LogP contribution in [-0.4, -0.2) is 17.0 Å². The third kappa shape index (κ3) is 2.52. The minimum absolute atomic E-state index is 0.00136. The molecule has 2 unspecified atom stereocenters. The fourth-order valence-electron chi connectivity index (χ4n) is 2.29. The lowest BCUT2D eigenvalue weighted by atomic mass is 9.80. The van der Waals surface area contributed by atoms with Crippen LogP contribution in [0.25, 0.3) is 0 Å². The van der Waals surface area contributed by atoms with Crippen LogP contribution in [0.4, 0.5) is 8.78 Å². The van der Waals surface area contributed by atoms with Crippen LogP contribution in [0.2, 0.25) is 0 Å². The van der Waals surface area contributed by atoms with E-state index >= 15 is 0 Å². The molecule has 17 heavy (non-hydrogen) atoms. The third-order valence-corrected chi connectivity index (χ3v) is 3.17. The second-order valence-electron chi connectivity index (χ2n) is 4.52. The van der Waals surface area contributed by atoms with Crippen LogP contribution in [0.3, 0.4) is 0 Å². The predicted octanol–water partition coefficient (Wildman–Crippen LogP) is 2.51.